The van der Waals surface area contributed by atoms with Crippen LogP contribution < -0.4 is 14.2 Å². The zero-order valence-corrected chi connectivity index (χ0v) is 17.9. The van der Waals surface area contributed by atoms with Crippen LogP contribution in [0.2, 0.25) is 0 Å². The van der Waals surface area contributed by atoms with Gasteiger partial charge < -0.3 is 14.2 Å². The summed E-state index contributed by atoms with van der Waals surface area (Å²) in [4.78, 5) is 12.6. The SMILES string of the molecule is CC(C)(C)C1(Oc2cc(C(=O)Oc3ccccc3)ccc2OC(F)(F)F)CCCCC1. The van der Waals surface area contributed by atoms with Crippen molar-refractivity contribution in [2.24, 2.45) is 5.41 Å². The number of para-hydroxylation sites is 1. The number of hydrogen-bond donors (Lipinski definition) is 0. The normalized spacial score (nSPS) is 16.5. The molecule has 2 aromatic rings. The molecule has 31 heavy (non-hydrogen) atoms. The standard InChI is InChI=1S/C24H27F3O4/c1-22(2,3)23(14-8-5-9-15-23)30-20-16-17(12-13-19(20)31-24(25,26)27)21(28)29-18-10-6-4-7-11-18/h4,6-7,10-13,16H,5,8-9,14-15H2,1-3H3. The van der Waals surface area contributed by atoms with Gasteiger partial charge in [0.2, 0.25) is 0 Å². The average molecular weight is 436 g/mol. The highest BCUT2D eigenvalue weighted by molar-refractivity contribution is 5.91. The van der Waals surface area contributed by atoms with E-state index in [0.29, 0.717) is 18.6 Å². The second-order valence-corrected chi connectivity index (χ2v) is 8.82. The molecule has 0 unspecified atom stereocenters. The summed E-state index contributed by atoms with van der Waals surface area (Å²) in [6, 6.07) is 12.1. The molecule has 3 rings (SSSR count). The third kappa shape index (κ3) is 5.71. The van der Waals surface area contributed by atoms with Crippen molar-refractivity contribution in [1.82, 2.24) is 0 Å². The van der Waals surface area contributed by atoms with Crippen molar-refractivity contribution in [3.05, 3.63) is 54.1 Å². The number of rotatable bonds is 5. The van der Waals surface area contributed by atoms with Crippen LogP contribution in [0.1, 0.15) is 63.2 Å². The molecule has 1 saturated carbocycles. The highest BCUT2D eigenvalue weighted by atomic mass is 19.4. The van der Waals surface area contributed by atoms with E-state index in [4.69, 9.17) is 9.47 Å². The molecule has 0 atom stereocenters. The van der Waals surface area contributed by atoms with Gasteiger partial charge in [0.05, 0.1) is 5.56 Å². The van der Waals surface area contributed by atoms with E-state index in [0.717, 1.165) is 25.3 Å². The molecule has 0 radical (unpaired) electrons. The minimum atomic E-state index is -4.88. The van der Waals surface area contributed by atoms with Crippen LogP contribution >= 0.6 is 0 Å². The second kappa shape index (κ2) is 8.81. The highest BCUT2D eigenvalue weighted by Gasteiger charge is 2.46. The first-order valence-electron chi connectivity index (χ1n) is 10.4. The zero-order chi connectivity index (χ0) is 22.7. The number of esters is 1. The molecule has 1 aliphatic rings. The molecule has 0 heterocycles. The smallest absolute Gasteiger partial charge is 0.483 e. The Hall–Kier alpha value is -2.70. The van der Waals surface area contributed by atoms with Crippen molar-refractivity contribution < 1.29 is 32.2 Å². The van der Waals surface area contributed by atoms with Crippen molar-refractivity contribution in [3.63, 3.8) is 0 Å². The third-order valence-corrected chi connectivity index (χ3v) is 5.69. The number of hydrogen-bond acceptors (Lipinski definition) is 4. The van der Waals surface area contributed by atoms with Crippen molar-refractivity contribution in [1.29, 1.82) is 0 Å². The van der Waals surface area contributed by atoms with E-state index in [1.165, 1.54) is 12.1 Å². The summed E-state index contributed by atoms with van der Waals surface area (Å²) < 4.78 is 54.8. The maximum atomic E-state index is 13.0. The Morgan fingerprint density at radius 2 is 1.55 bits per heavy atom. The van der Waals surface area contributed by atoms with Crippen molar-refractivity contribution >= 4 is 5.97 Å². The van der Waals surface area contributed by atoms with Gasteiger partial charge in [-0.15, -0.1) is 13.2 Å². The van der Waals surface area contributed by atoms with Gasteiger partial charge in [-0.3, -0.25) is 0 Å². The van der Waals surface area contributed by atoms with Gasteiger partial charge in [0.1, 0.15) is 11.4 Å². The van der Waals surface area contributed by atoms with E-state index in [1.807, 2.05) is 20.8 Å². The monoisotopic (exact) mass is 436 g/mol. The van der Waals surface area contributed by atoms with Gasteiger partial charge >= 0.3 is 12.3 Å². The van der Waals surface area contributed by atoms with Crippen molar-refractivity contribution in [3.8, 4) is 17.2 Å². The third-order valence-electron chi connectivity index (χ3n) is 5.69. The number of carbonyl (C=O) groups is 1. The Balaban J connectivity index is 1.96. The van der Waals surface area contributed by atoms with Crippen LogP contribution in [0, 0.1) is 5.41 Å². The minimum absolute atomic E-state index is 0.0771. The molecule has 168 valence electrons. The molecule has 2 aromatic carbocycles. The van der Waals surface area contributed by atoms with Crippen molar-refractivity contribution in [2.45, 2.75) is 64.8 Å². The summed E-state index contributed by atoms with van der Waals surface area (Å²) in [6.45, 7) is 6.03. The minimum Gasteiger partial charge on any atom is -0.483 e. The molecule has 0 aromatic heterocycles. The fraction of sp³-hybridized carbons (Fsp3) is 0.458. The molecule has 1 fully saturated rings. The van der Waals surface area contributed by atoms with Crippen LogP contribution in [0.5, 0.6) is 17.2 Å². The predicted molar refractivity (Wildman–Crippen MR) is 110 cm³/mol. The molecule has 4 nitrogen and oxygen atoms in total. The predicted octanol–water partition coefficient (Wildman–Crippen LogP) is 6.93. The van der Waals surface area contributed by atoms with Crippen LogP contribution in [-0.2, 0) is 0 Å². The summed E-state index contributed by atoms with van der Waals surface area (Å²) in [7, 11) is 0. The number of alkyl halides is 3. The van der Waals surface area contributed by atoms with E-state index < -0.39 is 23.7 Å². The average Bonchev–Trinajstić information content (AvgIpc) is 2.69. The van der Waals surface area contributed by atoms with Crippen LogP contribution in [0.15, 0.2) is 48.5 Å². The lowest BCUT2D eigenvalue weighted by Crippen LogP contribution is -2.49. The summed E-state index contributed by atoms with van der Waals surface area (Å²) in [5.74, 6) is -0.943. The number of halogens is 3. The van der Waals surface area contributed by atoms with E-state index in [2.05, 4.69) is 4.74 Å². The van der Waals surface area contributed by atoms with Gasteiger partial charge in [0.25, 0.3) is 0 Å². The van der Waals surface area contributed by atoms with Crippen LogP contribution in [0.4, 0.5) is 13.2 Å². The van der Waals surface area contributed by atoms with Gasteiger partial charge in [0.15, 0.2) is 11.5 Å². The lowest BCUT2D eigenvalue weighted by Gasteiger charge is -2.47. The fourth-order valence-corrected chi connectivity index (χ4v) is 3.92. The molecule has 0 amide bonds. The van der Waals surface area contributed by atoms with Gasteiger partial charge in [0, 0.05) is 5.41 Å². The molecule has 0 bridgehead atoms. The Labute approximate surface area is 180 Å². The quantitative estimate of drug-likeness (QED) is 0.376. The highest BCUT2D eigenvalue weighted by Crippen LogP contribution is 2.47. The number of carbonyl (C=O) groups excluding carboxylic acids is 1. The molecule has 0 N–H and O–H groups in total. The second-order valence-electron chi connectivity index (χ2n) is 8.82. The lowest BCUT2D eigenvalue weighted by atomic mass is 9.68. The number of benzene rings is 2. The molecule has 1 aliphatic carbocycles. The van der Waals surface area contributed by atoms with Gasteiger partial charge in [-0.2, -0.15) is 0 Å². The van der Waals surface area contributed by atoms with E-state index in [-0.39, 0.29) is 16.7 Å². The first-order chi connectivity index (χ1) is 14.5. The molecule has 7 heteroatoms. The zero-order valence-electron chi connectivity index (χ0n) is 17.9. The molecule has 0 spiro atoms. The Morgan fingerprint density at radius 3 is 2.13 bits per heavy atom. The van der Waals surface area contributed by atoms with Crippen LogP contribution in [0.25, 0.3) is 0 Å². The summed E-state index contributed by atoms with van der Waals surface area (Å²) in [5.41, 5.74) is -0.923. The lowest BCUT2D eigenvalue weighted by molar-refractivity contribution is -0.275. The Morgan fingerprint density at radius 1 is 0.903 bits per heavy atom. The first-order valence-corrected chi connectivity index (χ1v) is 10.4. The molecular formula is C24H27F3O4. The topological polar surface area (TPSA) is 44.8 Å². The van der Waals surface area contributed by atoms with Gasteiger partial charge in [-0.1, -0.05) is 45.4 Å². The van der Waals surface area contributed by atoms with E-state index in [1.54, 1.807) is 30.3 Å². The Kier molecular flexibility index (Phi) is 6.53. The first kappa shape index (κ1) is 23.0. The summed E-state index contributed by atoms with van der Waals surface area (Å²) in [6.07, 6.45) is -0.575. The van der Waals surface area contributed by atoms with Crippen LogP contribution in [-0.4, -0.2) is 17.9 Å². The molecule has 0 aliphatic heterocycles. The fourth-order valence-electron chi connectivity index (χ4n) is 3.92. The summed E-state index contributed by atoms with van der Waals surface area (Å²) >= 11 is 0. The van der Waals surface area contributed by atoms with Gasteiger partial charge in [-0.25, -0.2) is 4.79 Å². The molecule has 0 saturated heterocycles. The number of ether oxygens (including phenoxy) is 3. The maximum Gasteiger partial charge on any atom is 0.573 e. The maximum absolute atomic E-state index is 13.0. The van der Waals surface area contributed by atoms with E-state index >= 15 is 0 Å². The molecular weight excluding hydrogens is 409 g/mol. The van der Waals surface area contributed by atoms with Crippen molar-refractivity contribution in [2.75, 3.05) is 0 Å². The summed E-state index contributed by atoms with van der Waals surface area (Å²) in [5, 5.41) is 0. The Bertz CT molecular complexity index is 895. The van der Waals surface area contributed by atoms with Gasteiger partial charge in [-0.05, 0) is 56.0 Å². The van der Waals surface area contributed by atoms with E-state index in [9.17, 15) is 18.0 Å². The largest absolute Gasteiger partial charge is 0.573 e. The van der Waals surface area contributed by atoms with Crippen LogP contribution in [0.3, 0.4) is 0 Å².